The van der Waals surface area contributed by atoms with Gasteiger partial charge in [-0.15, -0.1) is 11.3 Å². The van der Waals surface area contributed by atoms with Crippen molar-refractivity contribution in [3.8, 4) is 0 Å². The van der Waals surface area contributed by atoms with Gasteiger partial charge in [0.25, 0.3) is 0 Å². The summed E-state index contributed by atoms with van der Waals surface area (Å²) in [5.41, 5.74) is 0.873. The molecule has 2 heterocycles. The minimum Gasteiger partial charge on any atom is -0.389 e. The molecular formula is C10H15NO3S2. The van der Waals surface area contributed by atoms with Crippen LogP contribution in [-0.2, 0) is 16.4 Å². The average molecular weight is 261 g/mol. The fourth-order valence-corrected chi connectivity index (χ4v) is 4.74. The van der Waals surface area contributed by atoms with Gasteiger partial charge in [-0.3, -0.25) is 0 Å². The highest BCUT2D eigenvalue weighted by Crippen LogP contribution is 2.32. The molecule has 1 fully saturated rings. The molecule has 1 saturated heterocycles. The number of aliphatic hydroxyl groups is 1. The van der Waals surface area contributed by atoms with Gasteiger partial charge in [-0.05, 0) is 19.8 Å². The number of hydrogen-bond donors (Lipinski definition) is 1. The van der Waals surface area contributed by atoms with Crippen molar-refractivity contribution in [2.45, 2.75) is 32.3 Å². The summed E-state index contributed by atoms with van der Waals surface area (Å²) in [4.78, 5) is 5.36. The Morgan fingerprint density at radius 1 is 1.56 bits per heavy atom. The minimum atomic E-state index is -2.89. The maximum Gasteiger partial charge on any atom is 0.150 e. The first-order valence-corrected chi connectivity index (χ1v) is 7.93. The summed E-state index contributed by atoms with van der Waals surface area (Å²) < 4.78 is 23.1. The summed E-state index contributed by atoms with van der Waals surface area (Å²) in [7, 11) is -2.89. The molecule has 0 amide bonds. The molecule has 0 spiro atoms. The number of sulfone groups is 1. The van der Waals surface area contributed by atoms with E-state index in [1.165, 1.54) is 11.3 Å². The van der Waals surface area contributed by atoms with Gasteiger partial charge in [0.15, 0.2) is 9.84 Å². The zero-order chi connectivity index (χ0) is 11.8. The third-order valence-corrected chi connectivity index (χ3v) is 5.65. The van der Waals surface area contributed by atoms with Crippen molar-refractivity contribution in [1.82, 2.24) is 4.98 Å². The SMILES string of the molecule is Cc1sc(CO)nc1C1CCCS(=O)(=O)C1. The maximum absolute atomic E-state index is 11.5. The second kappa shape index (κ2) is 4.43. The summed E-state index contributed by atoms with van der Waals surface area (Å²) in [5.74, 6) is 0.539. The van der Waals surface area contributed by atoms with Gasteiger partial charge in [0.05, 0.1) is 23.8 Å². The molecule has 0 aromatic carbocycles. The molecule has 1 aliphatic heterocycles. The average Bonchev–Trinajstić information content (AvgIpc) is 2.58. The van der Waals surface area contributed by atoms with Crippen LogP contribution < -0.4 is 0 Å². The number of rotatable bonds is 2. The van der Waals surface area contributed by atoms with Crippen LogP contribution in [0.1, 0.15) is 34.3 Å². The van der Waals surface area contributed by atoms with Crippen molar-refractivity contribution in [2.75, 3.05) is 11.5 Å². The first-order valence-electron chi connectivity index (χ1n) is 5.29. The maximum atomic E-state index is 11.5. The zero-order valence-electron chi connectivity index (χ0n) is 9.14. The van der Waals surface area contributed by atoms with Gasteiger partial charge in [0.2, 0.25) is 0 Å². The summed E-state index contributed by atoms with van der Waals surface area (Å²) >= 11 is 1.45. The summed E-state index contributed by atoms with van der Waals surface area (Å²) in [5, 5.41) is 9.68. The van der Waals surface area contributed by atoms with E-state index in [0.29, 0.717) is 10.8 Å². The van der Waals surface area contributed by atoms with Gasteiger partial charge < -0.3 is 5.11 Å². The van der Waals surface area contributed by atoms with Crippen LogP contribution in [0.3, 0.4) is 0 Å². The molecular weight excluding hydrogens is 246 g/mol. The van der Waals surface area contributed by atoms with Crippen LogP contribution in [0.15, 0.2) is 0 Å². The third kappa shape index (κ3) is 2.44. The zero-order valence-corrected chi connectivity index (χ0v) is 10.8. The van der Waals surface area contributed by atoms with Gasteiger partial charge in [0, 0.05) is 10.8 Å². The van der Waals surface area contributed by atoms with Gasteiger partial charge in [-0.1, -0.05) is 0 Å². The van der Waals surface area contributed by atoms with Crippen LogP contribution in [-0.4, -0.2) is 30.0 Å². The minimum absolute atomic E-state index is 0.0234. The van der Waals surface area contributed by atoms with E-state index in [0.717, 1.165) is 23.4 Å². The fourth-order valence-electron chi connectivity index (χ4n) is 2.15. The van der Waals surface area contributed by atoms with Crippen molar-refractivity contribution in [2.24, 2.45) is 0 Å². The molecule has 16 heavy (non-hydrogen) atoms. The Bertz CT molecular complexity index is 478. The Labute approximate surface area is 99.3 Å². The molecule has 1 aromatic rings. The van der Waals surface area contributed by atoms with E-state index >= 15 is 0 Å². The van der Waals surface area contributed by atoms with E-state index in [1.54, 1.807) is 0 Å². The largest absolute Gasteiger partial charge is 0.389 e. The number of nitrogens with zero attached hydrogens (tertiary/aromatic N) is 1. The van der Waals surface area contributed by atoms with Gasteiger partial charge in [-0.25, -0.2) is 13.4 Å². The van der Waals surface area contributed by atoms with E-state index in [9.17, 15) is 8.42 Å². The predicted octanol–water partition coefficient (Wildman–Crippen LogP) is 1.24. The lowest BCUT2D eigenvalue weighted by Gasteiger charge is -2.20. The lowest BCUT2D eigenvalue weighted by molar-refractivity contribution is 0.281. The van der Waals surface area contributed by atoms with E-state index in [1.807, 2.05) is 6.92 Å². The second-order valence-electron chi connectivity index (χ2n) is 4.16. The van der Waals surface area contributed by atoms with Gasteiger partial charge >= 0.3 is 0 Å². The topological polar surface area (TPSA) is 67.3 Å². The Hall–Kier alpha value is -0.460. The summed E-state index contributed by atoms with van der Waals surface area (Å²) in [6.07, 6.45) is 1.60. The Balaban J connectivity index is 2.26. The van der Waals surface area contributed by atoms with Crippen LogP contribution in [0, 0.1) is 6.92 Å². The number of hydrogen-bond acceptors (Lipinski definition) is 5. The van der Waals surface area contributed by atoms with Crippen molar-refractivity contribution < 1.29 is 13.5 Å². The Kier molecular flexibility index (Phi) is 3.32. The molecule has 0 bridgehead atoms. The van der Waals surface area contributed by atoms with E-state index < -0.39 is 9.84 Å². The molecule has 1 atom stereocenters. The van der Waals surface area contributed by atoms with Crippen molar-refractivity contribution in [3.63, 3.8) is 0 Å². The third-order valence-electron chi connectivity index (χ3n) is 2.86. The lowest BCUT2D eigenvalue weighted by atomic mass is 10.0. The molecule has 4 nitrogen and oxygen atoms in total. The summed E-state index contributed by atoms with van der Waals surface area (Å²) in [6.45, 7) is 1.87. The molecule has 1 aliphatic rings. The highest BCUT2D eigenvalue weighted by Gasteiger charge is 2.28. The van der Waals surface area contributed by atoms with Crippen molar-refractivity contribution >= 4 is 21.2 Å². The van der Waals surface area contributed by atoms with E-state index in [4.69, 9.17) is 5.11 Å². The second-order valence-corrected chi connectivity index (χ2v) is 7.68. The van der Waals surface area contributed by atoms with Gasteiger partial charge in [0.1, 0.15) is 5.01 Å². The smallest absolute Gasteiger partial charge is 0.150 e. The van der Waals surface area contributed by atoms with E-state index in [2.05, 4.69) is 4.98 Å². The molecule has 1 aromatic heterocycles. The Morgan fingerprint density at radius 3 is 2.88 bits per heavy atom. The monoisotopic (exact) mass is 261 g/mol. The van der Waals surface area contributed by atoms with Crippen LogP contribution in [0.25, 0.3) is 0 Å². The molecule has 2 rings (SSSR count). The fraction of sp³-hybridized carbons (Fsp3) is 0.700. The number of aliphatic hydroxyl groups excluding tert-OH is 1. The number of aromatic nitrogens is 1. The Morgan fingerprint density at radius 2 is 2.31 bits per heavy atom. The van der Waals surface area contributed by atoms with Crippen LogP contribution in [0.5, 0.6) is 0 Å². The van der Waals surface area contributed by atoms with Crippen LogP contribution >= 0.6 is 11.3 Å². The number of thiazole rings is 1. The predicted molar refractivity (Wildman–Crippen MR) is 63.4 cm³/mol. The molecule has 1 unspecified atom stereocenters. The molecule has 0 aliphatic carbocycles. The summed E-state index contributed by atoms with van der Waals surface area (Å²) in [6, 6.07) is 0. The highest BCUT2D eigenvalue weighted by atomic mass is 32.2. The van der Waals surface area contributed by atoms with E-state index in [-0.39, 0.29) is 18.3 Å². The first-order chi connectivity index (χ1) is 7.52. The molecule has 90 valence electrons. The van der Waals surface area contributed by atoms with Crippen molar-refractivity contribution in [3.05, 3.63) is 15.6 Å². The molecule has 0 radical (unpaired) electrons. The lowest BCUT2D eigenvalue weighted by Crippen LogP contribution is -2.24. The molecule has 1 N–H and O–H groups in total. The van der Waals surface area contributed by atoms with Crippen molar-refractivity contribution in [1.29, 1.82) is 0 Å². The molecule has 6 heteroatoms. The molecule has 0 saturated carbocycles. The standard InChI is InChI=1S/C10H15NO3S2/c1-7-10(11-9(5-12)15-7)8-3-2-4-16(13,14)6-8/h8,12H,2-6H2,1H3. The highest BCUT2D eigenvalue weighted by molar-refractivity contribution is 7.91. The van der Waals surface area contributed by atoms with Gasteiger partial charge in [-0.2, -0.15) is 0 Å². The normalized spacial score (nSPS) is 24.5. The first kappa shape index (κ1) is 12.0. The quantitative estimate of drug-likeness (QED) is 0.869. The number of aryl methyl sites for hydroxylation is 1. The van der Waals surface area contributed by atoms with Crippen LogP contribution in [0.2, 0.25) is 0 Å². The van der Waals surface area contributed by atoms with Crippen LogP contribution in [0.4, 0.5) is 0 Å².